The minimum atomic E-state index is -1.05. The number of halogens is 1. The number of hydrogen-bond donors (Lipinski definition) is 1. The molecule has 1 aromatic carbocycles. The van der Waals surface area contributed by atoms with E-state index in [1.807, 2.05) is 59.1 Å². The monoisotopic (exact) mass is 422 g/mol. The predicted octanol–water partition coefficient (Wildman–Crippen LogP) is 3.74. The van der Waals surface area contributed by atoms with E-state index in [-0.39, 0.29) is 5.97 Å². The Bertz CT molecular complexity index is 865. The smallest absolute Gasteiger partial charge is 0.340 e. The second kappa shape index (κ2) is 6.33. The lowest BCUT2D eigenvalue weighted by molar-refractivity contribution is 0.0528. The van der Waals surface area contributed by atoms with Gasteiger partial charge in [0.25, 0.3) is 0 Å². The van der Waals surface area contributed by atoms with Gasteiger partial charge in [-0.3, -0.25) is 0 Å². The number of alkyl halides is 1. The zero-order chi connectivity index (χ0) is 17.2. The lowest BCUT2D eigenvalue weighted by Crippen LogP contribution is -2.20. The van der Waals surface area contributed by atoms with E-state index in [1.54, 1.807) is 13.0 Å². The second-order valence-corrected chi connectivity index (χ2v) is 6.60. The summed E-state index contributed by atoms with van der Waals surface area (Å²) in [5.41, 5.74) is 2.68. The zero-order valence-electron chi connectivity index (χ0n) is 13.5. The first kappa shape index (κ1) is 14.7. The third-order valence-electron chi connectivity index (χ3n) is 3.65. The van der Waals surface area contributed by atoms with Crippen LogP contribution in [0.1, 0.15) is 28.5 Å². The average molecular weight is 422 g/mol. The van der Waals surface area contributed by atoms with Crippen molar-refractivity contribution < 1.29 is 14.6 Å². The highest BCUT2D eigenvalue weighted by Crippen LogP contribution is 2.38. The summed E-state index contributed by atoms with van der Waals surface area (Å²) < 4.78 is 13.6. The molecule has 0 bridgehead atoms. The SMILES string of the molecule is [2H]OC(I)(c1ccccc1)c1cc(C(=O)OCC)c2ccccn12. The van der Waals surface area contributed by atoms with E-state index in [0.717, 1.165) is 11.1 Å². The summed E-state index contributed by atoms with van der Waals surface area (Å²) in [5, 5.41) is 5.13. The van der Waals surface area contributed by atoms with Gasteiger partial charge in [-0.15, -0.1) is 0 Å². The molecule has 0 radical (unpaired) electrons. The number of hydrogen-bond acceptors (Lipinski definition) is 3. The first-order chi connectivity index (χ1) is 11.6. The number of aliphatic hydroxyl groups is 1. The molecule has 0 fully saturated rings. The third kappa shape index (κ3) is 2.86. The highest BCUT2D eigenvalue weighted by molar-refractivity contribution is 14.1. The Kier molecular flexibility index (Phi) is 4.05. The van der Waals surface area contributed by atoms with Crippen molar-refractivity contribution in [1.29, 1.82) is 1.43 Å². The van der Waals surface area contributed by atoms with Crippen molar-refractivity contribution in [3.05, 3.63) is 77.6 Å². The normalized spacial score (nSPS) is 14.3. The molecule has 0 aliphatic carbocycles. The number of carbonyl (C=O) groups excluding carboxylic acids is 1. The van der Waals surface area contributed by atoms with Crippen molar-refractivity contribution in [3.8, 4) is 0 Å². The van der Waals surface area contributed by atoms with Gasteiger partial charge in [-0.05, 0) is 53.3 Å². The van der Waals surface area contributed by atoms with Crippen LogP contribution in [0.2, 0.25) is 0 Å². The Morgan fingerprint density at radius 2 is 2.04 bits per heavy atom. The molecule has 2 aromatic heterocycles. The van der Waals surface area contributed by atoms with E-state index in [1.165, 1.54) is 0 Å². The maximum Gasteiger partial charge on any atom is 0.340 e. The predicted molar refractivity (Wildman–Crippen MR) is 96.8 cm³/mol. The van der Waals surface area contributed by atoms with Gasteiger partial charge in [0.2, 0.25) is 1.43 Å². The summed E-state index contributed by atoms with van der Waals surface area (Å²) in [6.07, 6.45) is 1.85. The van der Waals surface area contributed by atoms with Crippen molar-refractivity contribution in [2.45, 2.75) is 10.5 Å². The molecule has 0 saturated heterocycles. The molecule has 0 saturated carbocycles. The molecule has 0 aliphatic rings. The van der Waals surface area contributed by atoms with Crippen LogP contribution in [0, 0.1) is 0 Å². The van der Waals surface area contributed by atoms with Crippen molar-refractivity contribution in [2.75, 3.05) is 6.61 Å². The van der Waals surface area contributed by atoms with Crippen molar-refractivity contribution in [1.82, 2.24) is 4.40 Å². The van der Waals surface area contributed by atoms with E-state index in [4.69, 9.17) is 11.3 Å². The maximum atomic E-state index is 12.3. The average Bonchev–Trinajstić information content (AvgIpc) is 3.02. The van der Waals surface area contributed by atoms with E-state index >= 15 is 0 Å². The van der Waals surface area contributed by atoms with Gasteiger partial charge in [-0.25, -0.2) is 4.79 Å². The van der Waals surface area contributed by atoms with Crippen molar-refractivity contribution >= 4 is 34.1 Å². The van der Waals surface area contributed by atoms with Crippen molar-refractivity contribution in [3.63, 3.8) is 0 Å². The van der Waals surface area contributed by atoms with Crippen LogP contribution in [-0.4, -0.2) is 23.5 Å². The zero-order valence-corrected chi connectivity index (χ0v) is 14.7. The fraction of sp³-hybridized carbons (Fsp3) is 0.167. The summed E-state index contributed by atoms with van der Waals surface area (Å²) in [6, 6.07) is 16.8. The number of benzene rings is 1. The van der Waals surface area contributed by atoms with E-state index in [0.29, 0.717) is 17.9 Å². The number of pyridine rings is 1. The molecule has 1 unspecified atom stereocenters. The molecule has 1 N–H and O–H groups in total. The topological polar surface area (TPSA) is 50.9 Å². The van der Waals surface area contributed by atoms with E-state index in [2.05, 4.69) is 22.6 Å². The highest BCUT2D eigenvalue weighted by Gasteiger charge is 2.33. The molecule has 3 rings (SSSR count). The molecule has 2 heterocycles. The fourth-order valence-corrected chi connectivity index (χ4v) is 3.35. The van der Waals surface area contributed by atoms with Crippen LogP contribution in [0.3, 0.4) is 0 Å². The summed E-state index contributed by atoms with van der Waals surface area (Å²) >= 11 is 2.09. The lowest BCUT2D eigenvalue weighted by Gasteiger charge is -2.22. The number of esters is 1. The van der Waals surface area contributed by atoms with Gasteiger partial charge in [-0.2, -0.15) is 0 Å². The highest BCUT2D eigenvalue weighted by atomic mass is 127. The molecule has 1 atom stereocenters. The molecule has 3 aromatic rings. The van der Waals surface area contributed by atoms with Crippen LogP contribution >= 0.6 is 22.6 Å². The minimum Gasteiger partial charge on any atom is -0.462 e. The second-order valence-electron chi connectivity index (χ2n) is 5.08. The largest absolute Gasteiger partial charge is 0.462 e. The Morgan fingerprint density at radius 3 is 2.74 bits per heavy atom. The molecule has 0 spiro atoms. The van der Waals surface area contributed by atoms with Gasteiger partial charge in [0, 0.05) is 6.20 Å². The number of carbonyl (C=O) groups is 1. The van der Waals surface area contributed by atoms with Gasteiger partial charge in [0.05, 0.1) is 23.4 Å². The molecule has 4 nitrogen and oxygen atoms in total. The molecule has 118 valence electrons. The van der Waals surface area contributed by atoms with Gasteiger partial charge < -0.3 is 14.2 Å². The Balaban J connectivity index is 2.24. The standard InChI is InChI=1S/C18H16INO3/c1-2-23-17(21)14-12-16(20-11-7-6-10-15(14)20)18(19,22)13-8-4-3-5-9-13/h3-12,22H,2H2,1H3/i22D. The van der Waals surface area contributed by atoms with Crippen molar-refractivity contribution in [2.24, 2.45) is 0 Å². The van der Waals surface area contributed by atoms with Gasteiger partial charge >= 0.3 is 5.97 Å². The molecular weight excluding hydrogens is 405 g/mol. The van der Waals surface area contributed by atoms with E-state index < -0.39 is 3.61 Å². The summed E-state index contributed by atoms with van der Waals surface area (Å²) in [6.45, 7) is 2.08. The van der Waals surface area contributed by atoms with Gasteiger partial charge in [0.1, 0.15) is 0 Å². The van der Waals surface area contributed by atoms with Crippen LogP contribution < -0.4 is 0 Å². The Hall–Kier alpha value is -1.86. The van der Waals surface area contributed by atoms with Crippen LogP contribution in [-0.2, 0) is 8.34 Å². The molecule has 0 aliphatic heterocycles. The molecule has 5 heteroatoms. The van der Waals surface area contributed by atoms with Gasteiger partial charge in [-0.1, -0.05) is 36.4 Å². The fourth-order valence-electron chi connectivity index (χ4n) is 2.57. The third-order valence-corrected chi connectivity index (χ3v) is 4.82. The number of ether oxygens (including phenoxy) is 1. The number of rotatable bonds is 5. The Morgan fingerprint density at radius 1 is 1.30 bits per heavy atom. The van der Waals surface area contributed by atoms with Crippen LogP contribution in [0.15, 0.2) is 60.8 Å². The van der Waals surface area contributed by atoms with Crippen LogP contribution in [0.5, 0.6) is 0 Å². The summed E-state index contributed by atoms with van der Waals surface area (Å²) in [7, 11) is 0. The molecule has 23 heavy (non-hydrogen) atoms. The Labute approximate surface area is 149 Å². The van der Waals surface area contributed by atoms with Crippen LogP contribution in [0.25, 0.3) is 5.52 Å². The number of nitrogens with zero attached hydrogens (tertiary/aromatic N) is 1. The molecule has 0 amide bonds. The summed E-state index contributed by atoms with van der Waals surface area (Å²) in [4.78, 5) is 12.3. The first-order valence-electron chi connectivity index (χ1n) is 7.69. The van der Waals surface area contributed by atoms with E-state index in [9.17, 15) is 4.79 Å². The molecular formula is C18H16INO3. The quantitative estimate of drug-likeness (QED) is 0.387. The summed E-state index contributed by atoms with van der Waals surface area (Å²) in [5.74, 6) is -0.385. The minimum absolute atomic E-state index is 0.307. The maximum absolute atomic E-state index is 12.3. The lowest BCUT2D eigenvalue weighted by atomic mass is 10.1. The first-order valence-corrected chi connectivity index (χ1v) is 8.36. The number of aromatic nitrogens is 1. The van der Waals surface area contributed by atoms with Crippen LogP contribution in [0.4, 0.5) is 0 Å². The number of fused-ring (bicyclic) bond motifs is 1. The van der Waals surface area contributed by atoms with Gasteiger partial charge in [0.15, 0.2) is 3.61 Å².